The van der Waals surface area contributed by atoms with Crippen LogP contribution in [0.5, 0.6) is 5.75 Å². The first-order valence-corrected chi connectivity index (χ1v) is 6.23. The molecule has 2 rings (SSSR count). The number of hydrogen-bond acceptors (Lipinski definition) is 4. The largest absolute Gasteiger partial charge is 0.484 e. The highest BCUT2D eigenvalue weighted by molar-refractivity contribution is 5.92. The molecule has 0 aliphatic carbocycles. The second-order valence-electron chi connectivity index (χ2n) is 4.39. The monoisotopic (exact) mass is 286 g/mol. The number of aromatic carboxylic acids is 1. The molecule has 0 bridgehead atoms. The smallest absolute Gasteiger partial charge is 0.337 e. The summed E-state index contributed by atoms with van der Waals surface area (Å²) >= 11 is 0. The predicted molar refractivity (Wildman–Crippen MR) is 76.5 cm³/mol. The quantitative estimate of drug-likeness (QED) is 0.878. The number of amides is 1. The lowest BCUT2D eigenvalue weighted by atomic mass is 10.2. The molecule has 0 aliphatic rings. The molecule has 0 saturated carbocycles. The summed E-state index contributed by atoms with van der Waals surface area (Å²) in [4.78, 5) is 26.2. The van der Waals surface area contributed by atoms with Crippen molar-refractivity contribution in [1.29, 1.82) is 0 Å². The number of anilines is 1. The van der Waals surface area contributed by atoms with Crippen LogP contribution in [-0.4, -0.2) is 28.6 Å². The minimum Gasteiger partial charge on any atom is -0.484 e. The van der Waals surface area contributed by atoms with Gasteiger partial charge in [-0.15, -0.1) is 0 Å². The van der Waals surface area contributed by atoms with Crippen molar-refractivity contribution in [1.82, 2.24) is 4.98 Å². The first-order valence-electron chi connectivity index (χ1n) is 6.23. The molecule has 0 radical (unpaired) electrons. The zero-order valence-electron chi connectivity index (χ0n) is 11.4. The molecule has 108 valence electrons. The number of hydrogen-bond donors (Lipinski definition) is 2. The Morgan fingerprint density at radius 3 is 2.71 bits per heavy atom. The molecule has 0 aliphatic heterocycles. The third-order valence-electron chi connectivity index (χ3n) is 2.64. The number of carbonyl (C=O) groups is 2. The van der Waals surface area contributed by atoms with E-state index in [1.165, 1.54) is 18.3 Å². The number of carboxylic acid groups (broad SMARTS) is 1. The Kier molecular flexibility index (Phi) is 4.50. The van der Waals surface area contributed by atoms with Crippen LogP contribution in [0.4, 0.5) is 5.82 Å². The van der Waals surface area contributed by atoms with Crippen LogP contribution in [0.1, 0.15) is 15.9 Å². The zero-order valence-corrected chi connectivity index (χ0v) is 11.4. The number of nitrogens with zero attached hydrogens (tertiary/aromatic N) is 1. The Hall–Kier alpha value is -2.89. The molecule has 6 nitrogen and oxygen atoms in total. The number of carbonyl (C=O) groups excluding carboxylic acids is 1. The van der Waals surface area contributed by atoms with Crippen LogP contribution in [0.25, 0.3) is 0 Å². The zero-order chi connectivity index (χ0) is 15.2. The molecule has 1 heterocycles. The summed E-state index contributed by atoms with van der Waals surface area (Å²) in [6.45, 7) is 1.78. The summed E-state index contributed by atoms with van der Waals surface area (Å²) in [5.41, 5.74) is 1.10. The highest BCUT2D eigenvalue weighted by atomic mass is 16.5. The molecule has 21 heavy (non-hydrogen) atoms. The number of benzene rings is 1. The summed E-state index contributed by atoms with van der Waals surface area (Å²) in [6.07, 6.45) is 1.18. The van der Waals surface area contributed by atoms with Gasteiger partial charge in [-0.2, -0.15) is 0 Å². The van der Waals surface area contributed by atoms with Gasteiger partial charge in [0, 0.05) is 6.20 Å². The van der Waals surface area contributed by atoms with E-state index in [1.54, 1.807) is 6.07 Å². The second-order valence-corrected chi connectivity index (χ2v) is 4.39. The van der Waals surface area contributed by atoms with Crippen molar-refractivity contribution in [3.8, 4) is 5.75 Å². The number of aromatic nitrogens is 1. The standard InChI is InChI=1S/C15H14N2O4/c1-10-3-2-4-12(7-10)21-9-14(18)17-13-6-5-11(8-16-13)15(19)20/h2-8H,9H2,1H3,(H,19,20)(H,16,17,18). The number of ether oxygens (including phenoxy) is 1. The van der Waals surface area contributed by atoms with Crippen molar-refractivity contribution < 1.29 is 19.4 Å². The number of rotatable bonds is 5. The first kappa shape index (κ1) is 14.5. The Labute approximate surface area is 121 Å². The van der Waals surface area contributed by atoms with Crippen LogP contribution in [0.15, 0.2) is 42.6 Å². The van der Waals surface area contributed by atoms with Gasteiger partial charge in [-0.25, -0.2) is 9.78 Å². The number of carboxylic acids is 1. The van der Waals surface area contributed by atoms with Gasteiger partial charge < -0.3 is 15.2 Å². The third-order valence-corrected chi connectivity index (χ3v) is 2.64. The van der Waals surface area contributed by atoms with Gasteiger partial charge in [-0.1, -0.05) is 12.1 Å². The Bertz CT molecular complexity index is 653. The molecule has 2 N–H and O–H groups in total. The molecule has 0 saturated heterocycles. The fourth-order valence-electron chi connectivity index (χ4n) is 1.63. The Balaban J connectivity index is 1.88. The molecule has 0 spiro atoms. The van der Waals surface area contributed by atoms with Crippen molar-refractivity contribution in [3.05, 3.63) is 53.7 Å². The van der Waals surface area contributed by atoms with E-state index in [0.29, 0.717) is 5.75 Å². The van der Waals surface area contributed by atoms with Gasteiger partial charge in [0.2, 0.25) is 0 Å². The van der Waals surface area contributed by atoms with E-state index in [4.69, 9.17) is 9.84 Å². The van der Waals surface area contributed by atoms with Crippen molar-refractivity contribution in [2.24, 2.45) is 0 Å². The van der Waals surface area contributed by atoms with Crippen molar-refractivity contribution in [2.45, 2.75) is 6.92 Å². The number of aryl methyl sites for hydroxylation is 1. The maximum Gasteiger partial charge on any atom is 0.337 e. The SMILES string of the molecule is Cc1cccc(OCC(=O)Nc2ccc(C(=O)O)cn2)c1. The molecule has 6 heteroatoms. The molecular formula is C15H14N2O4. The topological polar surface area (TPSA) is 88.5 Å². The Morgan fingerprint density at radius 1 is 1.29 bits per heavy atom. The van der Waals surface area contributed by atoms with E-state index in [9.17, 15) is 9.59 Å². The van der Waals surface area contributed by atoms with E-state index in [2.05, 4.69) is 10.3 Å². The average molecular weight is 286 g/mol. The lowest BCUT2D eigenvalue weighted by Gasteiger charge is -2.07. The van der Waals surface area contributed by atoms with E-state index >= 15 is 0 Å². The molecule has 0 fully saturated rings. The minimum atomic E-state index is -1.07. The van der Waals surface area contributed by atoms with Crippen molar-refractivity contribution in [3.63, 3.8) is 0 Å². The van der Waals surface area contributed by atoms with Crippen molar-refractivity contribution >= 4 is 17.7 Å². The molecule has 0 atom stereocenters. The fourth-order valence-corrected chi connectivity index (χ4v) is 1.63. The fraction of sp³-hybridized carbons (Fsp3) is 0.133. The summed E-state index contributed by atoms with van der Waals surface area (Å²) in [6, 6.07) is 10.2. The Morgan fingerprint density at radius 2 is 2.10 bits per heavy atom. The maximum atomic E-state index is 11.7. The summed E-state index contributed by atoms with van der Waals surface area (Å²) in [5, 5.41) is 11.3. The van der Waals surface area contributed by atoms with Gasteiger partial charge in [0.05, 0.1) is 5.56 Å². The van der Waals surface area contributed by atoms with Crippen LogP contribution < -0.4 is 10.1 Å². The van der Waals surface area contributed by atoms with Crippen LogP contribution >= 0.6 is 0 Å². The van der Waals surface area contributed by atoms with Gasteiger partial charge in [-0.05, 0) is 36.8 Å². The van der Waals surface area contributed by atoms with Gasteiger partial charge >= 0.3 is 5.97 Å². The molecule has 1 aromatic heterocycles. The minimum absolute atomic E-state index is 0.0593. The molecular weight excluding hydrogens is 272 g/mol. The summed E-state index contributed by atoms with van der Waals surface area (Å²) in [7, 11) is 0. The lowest BCUT2D eigenvalue weighted by molar-refractivity contribution is -0.118. The highest BCUT2D eigenvalue weighted by Crippen LogP contribution is 2.12. The summed E-state index contributed by atoms with van der Waals surface area (Å²) < 4.78 is 5.35. The van der Waals surface area contributed by atoms with Crippen LogP contribution in [-0.2, 0) is 4.79 Å². The lowest BCUT2D eigenvalue weighted by Crippen LogP contribution is -2.20. The highest BCUT2D eigenvalue weighted by Gasteiger charge is 2.07. The van der Waals surface area contributed by atoms with Gasteiger partial charge in [0.25, 0.3) is 5.91 Å². The second kappa shape index (κ2) is 6.51. The normalized spacial score (nSPS) is 9.95. The third kappa shape index (κ3) is 4.31. The van der Waals surface area contributed by atoms with Crippen LogP contribution in [0.3, 0.4) is 0 Å². The number of pyridine rings is 1. The maximum absolute atomic E-state index is 11.7. The first-order chi connectivity index (χ1) is 10.0. The van der Waals surface area contributed by atoms with Gasteiger partial charge in [-0.3, -0.25) is 4.79 Å². The number of nitrogens with one attached hydrogen (secondary N) is 1. The van der Waals surface area contributed by atoms with Crippen LogP contribution in [0, 0.1) is 6.92 Å². The molecule has 1 amide bonds. The average Bonchev–Trinajstić information content (AvgIpc) is 2.46. The van der Waals surface area contributed by atoms with Crippen molar-refractivity contribution in [2.75, 3.05) is 11.9 Å². The predicted octanol–water partition coefficient (Wildman–Crippen LogP) is 2.11. The van der Waals surface area contributed by atoms with E-state index in [1.807, 2.05) is 25.1 Å². The molecule has 2 aromatic rings. The van der Waals surface area contributed by atoms with E-state index in [0.717, 1.165) is 5.56 Å². The van der Waals surface area contributed by atoms with E-state index in [-0.39, 0.29) is 23.9 Å². The van der Waals surface area contributed by atoms with E-state index < -0.39 is 5.97 Å². The van der Waals surface area contributed by atoms with Crippen LogP contribution in [0.2, 0.25) is 0 Å². The van der Waals surface area contributed by atoms with Gasteiger partial charge in [0.1, 0.15) is 11.6 Å². The van der Waals surface area contributed by atoms with Gasteiger partial charge in [0.15, 0.2) is 6.61 Å². The summed E-state index contributed by atoms with van der Waals surface area (Å²) in [5.74, 6) is -0.549. The molecule has 0 unspecified atom stereocenters. The molecule has 1 aromatic carbocycles.